The molecule has 1 amide bonds. The zero-order valence-corrected chi connectivity index (χ0v) is 14.8. The summed E-state index contributed by atoms with van der Waals surface area (Å²) in [6.07, 6.45) is 1.52. The number of aromatic nitrogens is 1. The predicted molar refractivity (Wildman–Crippen MR) is 98.4 cm³/mol. The highest BCUT2D eigenvalue weighted by molar-refractivity contribution is 5.94. The summed E-state index contributed by atoms with van der Waals surface area (Å²) in [6.45, 7) is 3.82. The van der Waals surface area contributed by atoms with Crippen LogP contribution in [0.5, 0.6) is 5.75 Å². The second-order valence-corrected chi connectivity index (χ2v) is 6.03. The molecule has 0 spiro atoms. The number of aryl methyl sites for hydroxylation is 1. The molecule has 3 rings (SSSR count). The van der Waals surface area contributed by atoms with Gasteiger partial charge in [-0.1, -0.05) is 17.7 Å². The Morgan fingerprint density at radius 3 is 2.69 bits per heavy atom. The fraction of sp³-hybridized carbons (Fsp3) is 0.200. The second-order valence-electron chi connectivity index (χ2n) is 6.03. The summed E-state index contributed by atoms with van der Waals surface area (Å²) < 4.78 is 10.6. The zero-order chi connectivity index (χ0) is 18.7. The van der Waals surface area contributed by atoms with Crippen molar-refractivity contribution in [2.45, 2.75) is 19.9 Å². The molecular formula is C20H20N2O4. The maximum absolute atomic E-state index is 12.5. The monoisotopic (exact) mass is 352 g/mol. The third-order valence-corrected chi connectivity index (χ3v) is 4.14. The van der Waals surface area contributed by atoms with Crippen LogP contribution >= 0.6 is 0 Å². The molecule has 3 aromatic rings. The molecule has 6 nitrogen and oxygen atoms in total. The Hall–Kier alpha value is -3.28. The lowest BCUT2D eigenvalue weighted by molar-refractivity contribution is 0.0938. The molecule has 0 bridgehead atoms. The van der Waals surface area contributed by atoms with Crippen LogP contribution in [0, 0.1) is 6.92 Å². The first kappa shape index (κ1) is 17.5. The molecule has 2 aromatic heterocycles. The molecule has 6 heteroatoms. The van der Waals surface area contributed by atoms with Gasteiger partial charge in [0, 0.05) is 5.56 Å². The zero-order valence-electron chi connectivity index (χ0n) is 14.8. The third kappa shape index (κ3) is 3.54. The fourth-order valence-electron chi connectivity index (χ4n) is 2.77. The lowest BCUT2D eigenvalue weighted by atomic mass is 10.0. The quantitative estimate of drug-likeness (QED) is 0.737. The normalized spacial score (nSPS) is 11.8. The number of aromatic amines is 1. The minimum atomic E-state index is -0.472. The summed E-state index contributed by atoms with van der Waals surface area (Å²) in [7, 11) is 1.58. The van der Waals surface area contributed by atoms with E-state index in [2.05, 4.69) is 10.3 Å². The molecule has 134 valence electrons. The first-order valence-electron chi connectivity index (χ1n) is 8.22. The van der Waals surface area contributed by atoms with E-state index in [1.54, 1.807) is 25.3 Å². The smallest absolute Gasteiger partial charge is 0.261 e. The number of benzene rings is 1. The number of H-pyrrole nitrogens is 1. The van der Waals surface area contributed by atoms with E-state index >= 15 is 0 Å². The van der Waals surface area contributed by atoms with Gasteiger partial charge in [0.05, 0.1) is 25.1 Å². The highest BCUT2D eigenvalue weighted by Crippen LogP contribution is 2.26. The van der Waals surface area contributed by atoms with E-state index in [4.69, 9.17) is 9.15 Å². The third-order valence-electron chi connectivity index (χ3n) is 4.14. The van der Waals surface area contributed by atoms with Gasteiger partial charge in [-0.3, -0.25) is 9.59 Å². The molecule has 0 unspecified atom stereocenters. The van der Waals surface area contributed by atoms with E-state index in [1.807, 2.05) is 32.0 Å². The predicted octanol–water partition coefficient (Wildman–Crippen LogP) is 3.44. The molecular weight excluding hydrogens is 332 g/mol. The van der Waals surface area contributed by atoms with Crippen LogP contribution in [-0.2, 0) is 0 Å². The fourth-order valence-corrected chi connectivity index (χ4v) is 2.77. The summed E-state index contributed by atoms with van der Waals surface area (Å²) in [4.78, 5) is 27.5. The molecule has 1 atom stereocenters. The van der Waals surface area contributed by atoms with Crippen molar-refractivity contribution < 1.29 is 13.9 Å². The van der Waals surface area contributed by atoms with Gasteiger partial charge in [0.15, 0.2) is 0 Å². The highest BCUT2D eigenvalue weighted by atomic mass is 16.5. The summed E-state index contributed by atoms with van der Waals surface area (Å²) in [5, 5.41) is 2.85. The van der Waals surface area contributed by atoms with Crippen LogP contribution in [0.2, 0.25) is 0 Å². The number of carbonyl (C=O) groups excluding carboxylic acids is 1. The van der Waals surface area contributed by atoms with Crippen LogP contribution in [0.4, 0.5) is 0 Å². The molecule has 0 aliphatic heterocycles. The lowest BCUT2D eigenvalue weighted by Crippen LogP contribution is -2.31. The number of pyridine rings is 1. The molecule has 0 radical (unpaired) electrons. The van der Waals surface area contributed by atoms with Gasteiger partial charge in [-0.25, -0.2) is 0 Å². The number of ether oxygens (including phenoxy) is 1. The van der Waals surface area contributed by atoms with Gasteiger partial charge in [-0.2, -0.15) is 0 Å². The Balaban J connectivity index is 1.82. The van der Waals surface area contributed by atoms with Crippen molar-refractivity contribution >= 4 is 5.91 Å². The van der Waals surface area contributed by atoms with Gasteiger partial charge in [0.25, 0.3) is 11.5 Å². The number of methoxy groups -OCH3 is 1. The van der Waals surface area contributed by atoms with Crippen LogP contribution in [0.1, 0.15) is 34.5 Å². The Morgan fingerprint density at radius 1 is 1.23 bits per heavy atom. The minimum absolute atomic E-state index is 0.0405. The van der Waals surface area contributed by atoms with Gasteiger partial charge >= 0.3 is 0 Å². The molecule has 1 aromatic carbocycles. The van der Waals surface area contributed by atoms with Gasteiger partial charge in [-0.15, -0.1) is 0 Å². The molecule has 0 fully saturated rings. The summed E-state index contributed by atoms with van der Waals surface area (Å²) in [6, 6.07) is 12.0. The first-order chi connectivity index (χ1) is 12.5. The average Bonchev–Trinajstić information content (AvgIpc) is 3.16. The van der Waals surface area contributed by atoms with Gasteiger partial charge in [0.2, 0.25) is 0 Å². The van der Waals surface area contributed by atoms with Crippen molar-refractivity contribution in [3.05, 3.63) is 75.8 Å². The molecule has 2 heterocycles. The van der Waals surface area contributed by atoms with Crippen LogP contribution < -0.4 is 15.6 Å². The van der Waals surface area contributed by atoms with Crippen molar-refractivity contribution in [1.82, 2.24) is 10.3 Å². The van der Waals surface area contributed by atoms with Crippen molar-refractivity contribution in [1.29, 1.82) is 0 Å². The topological polar surface area (TPSA) is 84.3 Å². The standard InChI is InChI=1S/C20H20N2O4/c1-12-6-9-17(25-3)15(11-12)13(2)21-19(23)14-7-8-16(22-20(14)24)18-5-4-10-26-18/h4-11,13H,1-3H3,(H,21,23)(H,22,24)/t13-/m0/s1. The number of rotatable bonds is 5. The van der Waals surface area contributed by atoms with E-state index in [9.17, 15) is 9.59 Å². The van der Waals surface area contributed by atoms with Crippen LogP contribution in [0.3, 0.4) is 0 Å². The van der Waals surface area contributed by atoms with E-state index in [0.717, 1.165) is 11.1 Å². The number of hydrogen-bond acceptors (Lipinski definition) is 4. The molecule has 0 aliphatic rings. The Labute approximate surface area is 150 Å². The number of hydrogen-bond donors (Lipinski definition) is 2. The summed E-state index contributed by atoms with van der Waals surface area (Å²) >= 11 is 0. The molecule has 0 saturated heterocycles. The van der Waals surface area contributed by atoms with E-state index in [0.29, 0.717) is 17.2 Å². The van der Waals surface area contributed by atoms with Crippen molar-refractivity contribution in [2.75, 3.05) is 7.11 Å². The molecule has 26 heavy (non-hydrogen) atoms. The summed E-state index contributed by atoms with van der Waals surface area (Å²) in [5.74, 6) is 0.769. The second kappa shape index (κ2) is 7.31. The highest BCUT2D eigenvalue weighted by Gasteiger charge is 2.18. The van der Waals surface area contributed by atoms with Gasteiger partial charge in [0.1, 0.15) is 17.1 Å². The van der Waals surface area contributed by atoms with Crippen molar-refractivity contribution in [3.8, 4) is 17.2 Å². The molecule has 0 aliphatic carbocycles. The number of carbonyl (C=O) groups is 1. The minimum Gasteiger partial charge on any atom is -0.496 e. The average molecular weight is 352 g/mol. The van der Waals surface area contributed by atoms with E-state index in [1.165, 1.54) is 12.3 Å². The van der Waals surface area contributed by atoms with Crippen molar-refractivity contribution in [3.63, 3.8) is 0 Å². The lowest BCUT2D eigenvalue weighted by Gasteiger charge is -2.18. The van der Waals surface area contributed by atoms with Crippen LogP contribution in [-0.4, -0.2) is 18.0 Å². The molecule has 0 saturated carbocycles. The van der Waals surface area contributed by atoms with Crippen LogP contribution in [0.15, 0.2) is 57.9 Å². The van der Waals surface area contributed by atoms with E-state index in [-0.39, 0.29) is 11.6 Å². The van der Waals surface area contributed by atoms with Gasteiger partial charge in [-0.05, 0) is 44.2 Å². The van der Waals surface area contributed by atoms with Crippen LogP contribution in [0.25, 0.3) is 11.5 Å². The largest absolute Gasteiger partial charge is 0.496 e. The Kier molecular flexibility index (Phi) is 4.93. The Bertz CT molecular complexity index is 974. The number of furan rings is 1. The number of amides is 1. The maximum Gasteiger partial charge on any atom is 0.261 e. The maximum atomic E-state index is 12.5. The number of nitrogens with one attached hydrogen (secondary N) is 2. The van der Waals surface area contributed by atoms with Crippen molar-refractivity contribution in [2.24, 2.45) is 0 Å². The van der Waals surface area contributed by atoms with Gasteiger partial charge < -0.3 is 19.5 Å². The first-order valence-corrected chi connectivity index (χ1v) is 8.22. The van der Waals surface area contributed by atoms with E-state index < -0.39 is 11.5 Å². The SMILES string of the molecule is COc1ccc(C)cc1[C@H](C)NC(=O)c1ccc(-c2ccco2)[nH]c1=O. The molecule has 2 N–H and O–H groups in total. The summed E-state index contributed by atoms with van der Waals surface area (Å²) in [5.41, 5.74) is 2.00. The Morgan fingerprint density at radius 2 is 2.04 bits per heavy atom.